The molecule has 1 unspecified atom stereocenters. The Morgan fingerprint density at radius 1 is 1.50 bits per heavy atom. The van der Waals surface area contributed by atoms with Crippen LogP contribution < -0.4 is 5.50 Å². The third kappa shape index (κ3) is 6.80. The van der Waals surface area contributed by atoms with Gasteiger partial charge in [-0.15, -0.1) is 0 Å². The van der Waals surface area contributed by atoms with E-state index in [1.807, 2.05) is 6.92 Å². The molecule has 0 aliphatic heterocycles. The fourth-order valence-electron chi connectivity index (χ4n) is 0.660. The minimum atomic E-state index is -3.28. The lowest BCUT2D eigenvalue weighted by Crippen LogP contribution is -2.09. The molecule has 74 valence electrons. The number of rotatable bonds is 6. The number of unbranched alkanes of at least 4 members (excludes halogenated alkanes) is 1. The van der Waals surface area contributed by atoms with Crippen LogP contribution in [0.3, 0.4) is 0 Å². The maximum atomic E-state index is 11.2. The Morgan fingerprint density at radius 3 is 2.50 bits per heavy atom. The fraction of sp³-hybridized carbons (Fsp3) is 1.00. The number of hydrogen-bond acceptors (Lipinski definition) is 3. The second kappa shape index (κ2) is 5.70. The lowest BCUT2D eigenvalue weighted by Gasteiger charge is -2.15. The van der Waals surface area contributed by atoms with Crippen LogP contribution in [0, 0.1) is 0 Å². The molecule has 12 heavy (non-hydrogen) atoms. The Hall–Kier alpha value is 0.110. The highest BCUT2D eigenvalue weighted by atomic mass is 31.2. The lowest BCUT2D eigenvalue weighted by atomic mass is 10.4. The maximum Gasteiger partial charge on any atom is 0.403 e. The van der Waals surface area contributed by atoms with E-state index in [4.69, 9.17) is 14.6 Å². The van der Waals surface area contributed by atoms with Crippen LogP contribution in [0.25, 0.3) is 0 Å². The first-order valence-electron chi connectivity index (χ1n) is 4.19. The van der Waals surface area contributed by atoms with Gasteiger partial charge < -0.3 is 0 Å². The summed E-state index contributed by atoms with van der Waals surface area (Å²) < 4.78 is 21.0. The molecule has 0 aliphatic rings. The summed E-state index contributed by atoms with van der Waals surface area (Å²) >= 11 is 0. The molecule has 0 radical (unpaired) electrons. The highest BCUT2D eigenvalue weighted by molar-refractivity contribution is 7.51. The van der Waals surface area contributed by atoms with Crippen LogP contribution in [0.4, 0.5) is 0 Å². The first-order chi connectivity index (χ1) is 5.48. The second-order valence-electron chi connectivity index (χ2n) is 2.88. The van der Waals surface area contributed by atoms with Gasteiger partial charge in [-0.1, -0.05) is 13.3 Å². The zero-order chi connectivity index (χ0) is 9.61. The van der Waals surface area contributed by atoms with Gasteiger partial charge in [-0.05, 0) is 20.3 Å². The second-order valence-corrected chi connectivity index (χ2v) is 4.43. The first kappa shape index (κ1) is 12.1. The van der Waals surface area contributed by atoms with E-state index < -0.39 is 7.75 Å². The van der Waals surface area contributed by atoms with E-state index in [1.165, 1.54) is 0 Å². The standard InChI is InChI=1S/C7H18NO3P/c1-4-5-6-10-12(8,9)11-7(2)3/h7H,4-6H2,1-3H3,(H2,8,9). The molecule has 0 aromatic carbocycles. The average Bonchev–Trinajstić information content (AvgIpc) is 1.84. The van der Waals surface area contributed by atoms with Gasteiger partial charge in [0.1, 0.15) is 0 Å². The molecular formula is C7H18NO3P. The zero-order valence-electron chi connectivity index (χ0n) is 7.95. The molecule has 0 aromatic rings. The summed E-state index contributed by atoms with van der Waals surface area (Å²) in [6.45, 7) is 5.95. The van der Waals surface area contributed by atoms with Gasteiger partial charge in [0.2, 0.25) is 0 Å². The van der Waals surface area contributed by atoms with Gasteiger partial charge in [0.25, 0.3) is 0 Å². The van der Waals surface area contributed by atoms with Crippen molar-refractivity contribution in [2.45, 2.75) is 39.7 Å². The molecular weight excluding hydrogens is 177 g/mol. The van der Waals surface area contributed by atoms with Crippen molar-refractivity contribution >= 4 is 7.75 Å². The van der Waals surface area contributed by atoms with Crippen molar-refractivity contribution < 1.29 is 13.6 Å². The first-order valence-corrected chi connectivity index (χ1v) is 5.80. The molecule has 5 heteroatoms. The van der Waals surface area contributed by atoms with E-state index >= 15 is 0 Å². The third-order valence-electron chi connectivity index (χ3n) is 1.13. The molecule has 0 aliphatic carbocycles. The van der Waals surface area contributed by atoms with Crippen LogP contribution in [0.1, 0.15) is 33.6 Å². The molecule has 0 saturated heterocycles. The fourth-order valence-corrected chi connectivity index (χ4v) is 1.69. The molecule has 4 nitrogen and oxygen atoms in total. The van der Waals surface area contributed by atoms with Crippen molar-refractivity contribution in [2.75, 3.05) is 6.61 Å². The van der Waals surface area contributed by atoms with Gasteiger partial charge in [0.15, 0.2) is 0 Å². The topological polar surface area (TPSA) is 61.5 Å². The Balaban J connectivity index is 3.64. The summed E-state index contributed by atoms with van der Waals surface area (Å²) in [5.74, 6) is 0. The van der Waals surface area contributed by atoms with Gasteiger partial charge in [-0.2, -0.15) is 0 Å². The minimum absolute atomic E-state index is 0.164. The number of nitrogens with two attached hydrogens (primary N) is 1. The van der Waals surface area contributed by atoms with Gasteiger partial charge >= 0.3 is 7.75 Å². The molecule has 0 saturated carbocycles. The largest absolute Gasteiger partial charge is 0.403 e. The van der Waals surface area contributed by atoms with Crippen molar-refractivity contribution in [3.63, 3.8) is 0 Å². The van der Waals surface area contributed by atoms with Crippen LogP contribution in [0.15, 0.2) is 0 Å². The Morgan fingerprint density at radius 2 is 2.08 bits per heavy atom. The predicted molar refractivity (Wildman–Crippen MR) is 48.9 cm³/mol. The quantitative estimate of drug-likeness (QED) is 0.521. The molecule has 0 amide bonds. The van der Waals surface area contributed by atoms with Crippen molar-refractivity contribution in [3.05, 3.63) is 0 Å². The van der Waals surface area contributed by atoms with Gasteiger partial charge in [-0.3, -0.25) is 9.05 Å². The van der Waals surface area contributed by atoms with Crippen LogP contribution in [-0.2, 0) is 13.6 Å². The van der Waals surface area contributed by atoms with Crippen molar-refractivity contribution in [2.24, 2.45) is 5.50 Å². The van der Waals surface area contributed by atoms with E-state index in [0.29, 0.717) is 6.61 Å². The summed E-state index contributed by atoms with van der Waals surface area (Å²) in [4.78, 5) is 0. The molecule has 0 bridgehead atoms. The summed E-state index contributed by atoms with van der Waals surface area (Å²) in [6, 6.07) is 0. The monoisotopic (exact) mass is 195 g/mol. The van der Waals surface area contributed by atoms with Gasteiger partial charge in [-0.25, -0.2) is 10.1 Å². The molecule has 0 rings (SSSR count). The molecule has 0 spiro atoms. The van der Waals surface area contributed by atoms with Crippen molar-refractivity contribution in [3.8, 4) is 0 Å². The molecule has 0 heterocycles. The Labute approximate surface area is 74.0 Å². The lowest BCUT2D eigenvalue weighted by molar-refractivity contribution is 0.167. The average molecular weight is 195 g/mol. The van der Waals surface area contributed by atoms with E-state index in [2.05, 4.69) is 0 Å². The summed E-state index contributed by atoms with van der Waals surface area (Å²) in [5.41, 5.74) is 5.27. The number of hydrogen-bond donors (Lipinski definition) is 1. The van der Waals surface area contributed by atoms with E-state index in [9.17, 15) is 4.57 Å². The maximum absolute atomic E-state index is 11.2. The SMILES string of the molecule is CCCCOP(N)(=O)OC(C)C. The molecule has 2 N–H and O–H groups in total. The van der Waals surface area contributed by atoms with Crippen molar-refractivity contribution in [1.82, 2.24) is 0 Å². The third-order valence-corrected chi connectivity index (χ3v) is 2.38. The van der Waals surface area contributed by atoms with E-state index in [1.54, 1.807) is 13.8 Å². The van der Waals surface area contributed by atoms with Crippen LogP contribution in [0.5, 0.6) is 0 Å². The highest BCUT2D eigenvalue weighted by Gasteiger charge is 2.18. The normalized spacial score (nSPS) is 16.4. The van der Waals surface area contributed by atoms with Crippen LogP contribution in [-0.4, -0.2) is 12.7 Å². The summed E-state index contributed by atoms with van der Waals surface area (Å²) in [6.07, 6.45) is 1.67. The molecule has 0 aromatic heterocycles. The summed E-state index contributed by atoms with van der Waals surface area (Å²) in [5, 5.41) is 0. The zero-order valence-corrected chi connectivity index (χ0v) is 8.84. The molecule has 1 atom stereocenters. The summed E-state index contributed by atoms with van der Waals surface area (Å²) in [7, 11) is -3.28. The van der Waals surface area contributed by atoms with E-state index in [0.717, 1.165) is 12.8 Å². The Kier molecular flexibility index (Phi) is 5.76. The van der Waals surface area contributed by atoms with Gasteiger partial charge in [0.05, 0.1) is 12.7 Å². The minimum Gasteiger partial charge on any atom is -0.297 e. The Bertz CT molecular complexity index is 161. The van der Waals surface area contributed by atoms with Crippen LogP contribution in [0.2, 0.25) is 0 Å². The molecule has 0 fully saturated rings. The van der Waals surface area contributed by atoms with Crippen molar-refractivity contribution in [1.29, 1.82) is 0 Å². The predicted octanol–water partition coefficient (Wildman–Crippen LogP) is 2.29. The van der Waals surface area contributed by atoms with E-state index in [-0.39, 0.29) is 6.10 Å². The highest BCUT2D eigenvalue weighted by Crippen LogP contribution is 2.40. The smallest absolute Gasteiger partial charge is 0.297 e. The van der Waals surface area contributed by atoms with Crippen LogP contribution >= 0.6 is 7.75 Å². The van der Waals surface area contributed by atoms with Gasteiger partial charge in [0, 0.05) is 0 Å².